The zero-order valence-corrected chi connectivity index (χ0v) is 19.0. The number of benzene rings is 1. The molecule has 1 aromatic rings. The van der Waals surface area contributed by atoms with E-state index in [2.05, 4.69) is 26.3 Å². The predicted molar refractivity (Wildman–Crippen MR) is 125 cm³/mol. The van der Waals surface area contributed by atoms with Gasteiger partial charge in [-0.15, -0.1) is 0 Å². The van der Waals surface area contributed by atoms with Crippen molar-refractivity contribution in [2.75, 3.05) is 0 Å². The third-order valence-corrected chi connectivity index (χ3v) is 4.64. The van der Waals surface area contributed by atoms with Crippen LogP contribution in [0.25, 0.3) is 0 Å². The van der Waals surface area contributed by atoms with Crippen molar-refractivity contribution in [3.05, 3.63) is 97.9 Å². The monoisotopic (exact) mass is 480 g/mol. The first-order valence-corrected chi connectivity index (χ1v) is 10.2. The molecule has 2 rings (SSSR count). The molecule has 1 aliphatic carbocycles. The van der Waals surface area contributed by atoms with E-state index in [1.165, 1.54) is 24.3 Å². The summed E-state index contributed by atoms with van der Waals surface area (Å²) in [5, 5.41) is 11.2. The Hall–Kier alpha value is -4.50. The molecule has 1 aliphatic rings. The van der Waals surface area contributed by atoms with Crippen molar-refractivity contribution in [3.63, 3.8) is 0 Å². The molecular weight excluding hydrogens is 456 g/mol. The van der Waals surface area contributed by atoms with Gasteiger partial charge in [0.1, 0.15) is 29.5 Å². The highest BCUT2D eigenvalue weighted by atomic mass is 16.6. The van der Waals surface area contributed by atoms with Crippen LogP contribution in [0.3, 0.4) is 0 Å². The van der Waals surface area contributed by atoms with E-state index in [0.29, 0.717) is 0 Å². The highest BCUT2D eigenvalue weighted by Gasteiger charge is 2.31. The summed E-state index contributed by atoms with van der Waals surface area (Å²) >= 11 is 0. The Labute approximate surface area is 201 Å². The Morgan fingerprint density at radius 3 is 1.77 bits per heavy atom. The lowest BCUT2D eigenvalue weighted by Gasteiger charge is -2.28. The molecule has 3 atom stereocenters. The lowest BCUT2D eigenvalue weighted by Crippen LogP contribution is -2.27. The summed E-state index contributed by atoms with van der Waals surface area (Å²) < 4.78 is 20.8. The van der Waals surface area contributed by atoms with Crippen LogP contribution in [0.2, 0.25) is 0 Å². The molecule has 3 unspecified atom stereocenters. The van der Waals surface area contributed by atoms with Gasteiger partial charge in [0.25, 0.3) is 0 Å². The topological polar surface area (TPSA) is 125 Å². The van der Waals surface area contributed by atoms with Gasteiger partial charge in [0.15, 0.2) is 0 Å². The molecule has 9 heteroatoms. The standard InChI is InChI=1S/C26H24O9/c1-6-22(27)32-17-11-16(12-18(13-17)33-23(28)7-2)26(31)19-10-15(5)20(34-24(29)8-3)14-21(19)35-25(30)9-4/h6-15,20,26,31H,1-4H2,5H3. The fraction of sp³-hybridized carbons (Fsp3) is 0.154. The molecule has 35 heavy (non-hydrogen) atoms. The van der Waals surface area contributed by atoms with E-state index >= 15 is 0 Å². The third-order valence-electron chi connectivity index (χ3n) is 4.64. The van der Waals surface area contributed by atoms with Gasteiger partial charge < -0.3 is 24.1 Å². The maximum Gasteiger partial charge on any atom is 0.335 e. The van der Waals surface area contributed by atoms with Crippen LogP contribution in [-0.4, -0.2) is 35.1 Å². The van der Waals surface area contributed by atoms with Gasteiger partial charge in [0.05, 0.1) is 0 Å². The summed E-state index contributed by atoms with van der Waals surface area (Å²) in [4.78, 5) is 47.0. The second-order valence-corrected chi connectivity index (χ2v) is 7.13. The van der Waals surface area contributed by atoms with Gasteiger partial charge in [-0.2, -0.15) is 0 Å². The van der Waals surface area contributed by atoms with Gasteiger partial charge in [-0.1, -0.05) is 39.3 Å². The Morgan fingerprint density at radius 1 is 0.800 bits per heavy atom. The molecule has 0 saturated carbocycles. The van der Waals surface area contributed by atoms with Gasteiger partial charge in [-0.3, -0.25) is 0 Å². The predicted octanol–water partition coefficient (Wildman–Crippen LogP) is 3.19. The van der Waals surface area contributed by atoms with Crippen LogP contribution in [0, 0.1) is 5.92 Å². The van der Waals surface area contributed by atoms with Gasteiger partial charge in [-0.05, 0) is 23.8 Å². The van der Waals surface area contributed by atoms with Crippen molar-refractivity contribution < 1.29 is 43.2 Å². The van der Waals surface area contributed by atoms with Gasteiger partial charge in [0.2, 0.25) is 0 Å². The molecule has 182 valence electrons. The molecule has 0 amide bonds. The fourth-order valence-corrected chi connectivity index (χ4v) is 3.01. The molecule has 0 bridgehead atoms. The number of aliphatic hydroxyl groups is 1. The molecule has 0 aromatic heterocycles. The SMILES string of the molecule is C=CC(=O)OC1=CC(OC(=O)C=C)C(C)C=C1C(O)c1cc(OC(=O)C=C)cc(OC(=O)C=C)c1. The summed E-state index contributed by atoms with van der Waals surface area (Å²) in [6.45, 7) is 15.1. The molecule has 1 aromatic carbocycles. The zero-order chi connectivity index (χ0) is 26.1. The van der Waals surface area contributed by atoms with Crippen LogP contribution in [0.4, 0.5) is 0 Å². The number of ether oxygens (including phenoxy) is 4. The van der Waals surface area contributed by atoms with Crippen LogP contribution in [0.5, 0.6) is 11.5 Å². The normalized spacial score (nSPS) is 17.4. The van der Waals surface area contributed by atoms with E-state index in [4.69, 9.17) is 18.9 Å². The van der Waals surface area contributed by atoms with Crippen molar-refractivity contribution in [1.82, 2.24) is 0 Å². The van der Waals surface area contributed by atoms with Crippen LogP contribution < -0.4 is 9.47 Å². The third kappa shape index (κ3) is 7.24. The fourth-order valence-electron chi connectivity index (χ4n) is 3.01. The van der Waals surface area contributed by atoms with Crippen molar-refractivity contribution >= 4 is 23.9 Å². The van der Waals surface area contributed by atoms with E-state index in [1.807, 2.05) is 0 Å². The maximum absolute atomic E-state index is 11.9. The van der Waals surface area contributed by atoms with Gasteiger partial charge in [-0.25, -0.2) is 19.2 Å². The number of carbonyl (C=O) groups excluding carboxylic acids is 4. The molecule has 0 heterocycles. The van der Waals surface area contributed by atoms with Crippen LogP contribution in [0.1, 0.15) is 18.6 Å². The lowest BCUT2D eigenvalue weighted by atomic mass is 9.88. The second-order valence-electron chi connectivity index (χ2n) is 7.13. The first-order valence-electron chi connectivity index (χ1n) is 10.2. The lowest BCUT2D eigenvalue weighted by molar-refractivity contribution is -0.142. The van der Waals surface area contributed by atoms with Crippen LogP contribution in [-0.2, 0) is 28.7 Å². The first-order chi connectivity index (χ1) is 16.6. The smallest absolute Gasteiger partial charge is 0.335 e. The summed E-state index contributed by atoms with van der Waals surface area (Å²) in [5.41, 5.74) is 0.276. The van der Waals surface area contributed by atoms with Crippen molar-refractivity contribution in [3.8, 4) is 11.5 Å². The maximum atomic E-state index is 11.9. The van der Waals surface area contributed by atoms with E-state index in [-0.39, 0.29) is 28.4 Å². The minimum Gasteiger partial charge on any atom is -0.454 e. The Morgan fingerprint density at radius 2 is 1.29 bits per heavy atom. The summed E-state index contributed by atoms with van der Waals surface area (Å²) in [6.07, 6.45) is 4.45. The number of hydrogen-bond donors (Lipinski definition) is 1. The number of rotatable bonds is 10. The summed E-state index contributed by atoms with van der Waals surface area (Å²) in [6, 6.07) is 3.93. The quantitative estimate of drug-likeness (QED) is 0.305. The van der Waals surface area contributed by atoms with E-state index < -0.39 is 42.0 Å². The Balaban J connectivity index is 2.53. The molecular formula is C26H24O9. The van der Waals surface area contributed by atoms with Crippen LogP contribution >= 0.6 is 0 Å². The minimum atomic E-state index is -1.44. The number of aliphatic hydroxyl groups excluding tert-OH is 1. The van der Waals surface area contributed by atoms with Gasteiger partial charge >= 0.3 is 23.9 Å². The highest BCUT2D eigenvalue weighted by Crippen LogP contribution is 2.37. The molecule has 9 nitrogen and oxygen atoms in total. The van der Waals surface area contributed by atoms with E-state index in [9.17, 15) is 24.3 Å². The molecule has 1 N–H and O–H groups in total. The molecule has 0 radical (unpaired) electrons. The average Bonchev–Trinajstić information content (AvgIpc) is 2.84. The number of carbonyl (C=O) groups is 4. The van der Waals surface area contributed by atoms with E-state index in [0.717, 1.165) is 24.3 Å². The van der Waals surface area contributed by atoms with Crippen LogP contribution in [0.15, 0.2) is 92.3 Å². The van der Waals surface area contributed by atoms with Crippen molar-refractivity contribution in [2.24, 2.45) is 5.92 Å². The van der Waals surface area contributed by atoms with Crippen molar-refractivity contribution in [1.29, 1.82) is 0 Å². The second kappa shape index (κ2) is 12.1. The summed E-state index contributed by atoms with van der Waals surface area (Å²) in [5.74, 6) is -3.67. The number of hydrogen-bond acceptors (Lipinski definition) is 9. The number of esters is 4. The minimum absolute atomic E-state index is 0.0471. The van der Waals surface area contributed by atoms with E-state index in [1.54, 1.807) is 13.0 Å². The average molecular weight is 480 g/mol. The molecule has 0 saturated heterocycles. The Bertz CT molecular complexity index is 1100. The van der Waals surface area contributed by atoms with Gasteiger partial charge in [0, 0.05) is 41.9 Å². The Kier molecular flexibility index (Phi) is 9.25. The first kappa shape index (κ1) is 26.7. The molecule has 0 fully saturated rings. The zero-order valence-electron chi connectivity index (χ0n) is 19.0. The summed E-state index contributed by atoms with van der Waals surface area (Å²) in [7, 11) is 0. The molecule has 0 aliphatic heterocycles. The highest BCUT2D eigenvalue weighted by molar-refractivity contribution is 5.85. The van der Waals surface area contributed by atoms with Crippen molar-refractivity contribution in [2.45, 2.75) is 19.1 Å². The largest absolute Gasteiger partial charge is 0.454 e. The molecule has 0 spiro atoms.